The number of nitrogens with zero attached hydrogens (tertiary/aromatic N) is 4. The molecular formula is C15H11BrN4O. The molecule has 1 aromatic heterocycles. The van der Waals surface area contributed by atoms with E-state index in [-0.39, 0.29) is 5.78 Å². The zero-order valence-electron chi connectivity index (χ0n) is 11.2. The van der Waals surface area contributed by atoms with Gasteiger partial charge in [-0.05, 0) is 46.3 Å². The molecule has 0 radical (unpaired) electrons. The molecule has 21 heavy (non-hydrogen) atoms. The molecule has 0 aliphatic carbocycles. The SMILES string of the molecule is CC(=O)c1ccc(-n2nnc(-c3ccccc3)n2)c(Br)c1. The molecule has 3 rings (SSSR count). The molecule has 0 bridgehead atoms. The predicted molar refractivity (Wildman–Crippen MR) is 82.3 cm³/mol. The van der Waals surface area contributed by atoms with Crippen LogP contribution in [0.2, 0.25) is 0 Å². The van der Waals surface area contributed by atoms with Crippen LogP contribution in [-0.2, 0) is 0 Å². The quantitative estimate of drug-likeness (QED) is 0.685. The van der Waals surface area contributed by atoms with E-state index in [4.69, 9.17) is 0 Å². The van der Waals surface area contributed by atoms with Crippen molar-refractivity contribution < 1.29 is 4.79 Å². The van der Waals surface area contributed by atoms with Gasteiger partial charge in [-0.15, -0.1) is 15.0 Å². The van der Waals surface area contributed by atoms with E-state index in [1.807, 2.05) is 30.3 Å². The highest BCUT2D eigenvalue weighted by Gasteiger charge is 2.11. The number of carbonyl (C=O) groups excluding carboxylic acids is 1. The minimum atomic E-state index is 0.0128. The van der Waals surface area contributed by atoms with Gasteiger partial charge in [-0.3, -0.25) is 4.79 Å². The molecular weight excluding hydrogens is 332 g/mol. The average molecular weight is 343 g/mol. The average Bonchev–Trinajstić information content (AvgIpc) is 2.97. The number of ketones is 1. The lowest BCUT2D eigenvalue weighted by molar-refractivity contribution is 0.101. The third-order valence-corrected chi connectivity index (χ3v) is 3.65. The van der Waals surface area contributed by atoms with Crippen LogP contribution in [0.25, 0.3) is 17.1 Å². The molecule has 0 saturated carbocycles. The van der Waals surface area contributed by atoms with Crippen LogP contribution in [0.1, 0.15) is 17.3 Å². The first-order chi connectivity index (χ1) is 10.1. The number of benzene rings is 2. The van der Waals surface area contributed by atoms with E-state index >= 15 is 0 Å². The van der Waals surface area contributed by atoms with Crippen molar-refractivity contribution in [3.05, 3.63) is 58.6 Å². The van der Waals surface area contributed by atoms with Gasteiger partial charge in [0.2, 0.25) is 5.82 Å². The van der Waals surface area contributed by atoms with Gasteiger partial charge in [-0.25, -0.2) is 0 Å². The molecule has 0 unspecified atom stereocenters. The minimum absolute atomic E-state index is 0.0128. The lowest BCUT2D eigenvalue weighted by Gasteiger charge is -2.03. The lowest BCUT2D eigenvalue weighted by atomic mass is 10.1. The Labute approximate surface area is 129 Å². The Morgan fingerprint density at radius 1 is 1.14 bits per heavy atom. The highest BCUT2D eigenvalue weighted by molar-refractivity contribution is 9.10. The highest BCUT2D eigenvalue weighted by Crippen LogP contribution is 2.22. The maximum atomic E-state index is 11.4. The van der Waals surface area contributed by atoms with Crippen molar-refractivity contribution in [1.82, 2.24) is 20.2 Å². The lowest BCUT2D eigenvalue weighted by Crippen LogP contribution is -2.02. The largest absolute Gasteiger partial charge is 0.295 e. The van der Waals surface area contributed by atoms with Crippen LogP contribution in [0.15, 0.2) is 53.0 Å². The zero-order chi connectivity index (χ0) is 14.8. The number of Topliss-reactive ketones (excluding diaryl/α,β-unsaturated/α-hetero) is 1. The van der Waals surface area contributed by atoms with Crippen molar-refractivity contribution in [3.8, 4) is 17.1 Å². The summed E-state index contributed by atoms with van der Waals surface area (Å²) in [5.74, 6) is 0.567. The molecule has 2 aromatic carbocycles. The van der Waals surface area contributed by atoms with Gasteiger partial charge in [0.05, 0.1) is 0 Å². The Morgan fingerprint density at radius 3 is 2.57 bits per heavy atom. The van der Waals surface area contributed by atoms with Gasteiger partial charge in [-0.2, -0.15) is 0 Å². The fraction of sp³-hybridized carbons (Fsp3) is 0.0667. The minimum Gasteiger partial charge on any atom is -0.295 e. The van der Waals surface area contributed by atoms with Crippen molar-refractivity contribution in [2.45, 2.75) is 6.92 Å². The summed E-state index contributed by atoms with van der Waals surface area (Å²) in [5.41, 5.74) is 2.27. The number of hydrogen-bond acceptors (Lipinski definition) is 4. The van der Waals surface area contributed by atoms with Crippen LogP contribution in [-0.4, -0.2) is 26.0 Å². The van der Waals surface area contributed by atoms with Gasteiger partial charge in [0.1, 0.15) is 5.69 Å². The van der Waals surface area contributed by atoms with Crippen molar-refractivity contribution in [1.29, 1.82) is 0 Å². The van der Waals surface area contributed by atoms with Crippen LogP contribution in [0.3, 0.4) is 0 Å². The molecule has 6 heteroatoms. The molecule has 0 atom stereocenters. The van der Waals surface area contributed by atoms with Gasteiger partial charge in [-0.1, -0.05) is 30.3 Å². The van der Waals surface area contributed by atoms with Gasteiger partial charge in [0.15, 0.2) is 5.78 Å². The summed E-state index contributed by atoms with van der Waals surface area (Å²) in [6, 6.07) is 14.9. The Bertz CT molecular complexity index is 798. The molecule has 0 saturated heterocycles. The Kier molecular flexibility index (Phi) is 3.62. The van der Waals surface area contributed by atoms with Crippen LogP contribution in [0, 0.1) is 0 Å². The van der Waals surface area contributed by atoms with E-state index in [0.29, 0.717) is 11.4 Å². The van der Waals surface area contributed by atoms with E-state index in [1.54, 1.807) is 18.2 Å². The molecule has 3 aromatic rings. The third kappa shape index (κ3) is 2.75. The van der Waals surface area contributed by atoms with Crippen molar-refractivity contribution in [3.63, 3.8) is 0 Å². The standard InChI is InChI=1S/C15H11BrN4O/c1-10(21)12-7-8-14(13(16)9-12)20-18-15(17-19-20)11-5-3-2-4-6-11/h2-9H,1H3. The van der Waals surface area contributed by atoms with Gasteiger partial charge in [0, 0.05) is 15.6 Å². The highest BCUT2D eigenvalue weighted by atomic mass is 79.9. The fourth-order valence-corrected chi connectivity index (χ4v) is 2.44. The van der Waals surface area contributed by atoms with Crippen LogP contribution in [0.4, 0.5) is 0 Å². The first kappa shape index (κ1) is 13.6. The van der Waals surface area contributed by atoms with Crippen molar-refractivity contribution >= 4 is 21.7 Å². The van der Waals surface area contributed by atoms with Crippen LogP contribution >= 0.6 is 15.9 Å². The number of carbonyl (C=O) groups is 1. The van der Waals surface area contributed by atoms with Crippen LogP contribution < -0.4 is 0 Å². The number of tetrazole rings is 1. The van der Waals surface area contributed by atoms with Crippen molar-refractivity contribution in [2.24, 2.45) is 0 Å². The summed E-state index contributed by atoms with van der Waals surface area (Å²) in [6.45, 7) is 1.53. The van der Waals surface area contributed by atoms with E-state index in [2.05, 4.69) is 31.3 Å². The molecule has 0 N–H and O–H groups in total. The Hall–Kier alpha value is -2.34. The topological polar surface area (TPSA) is 60.7 Å². The normalized spacial score (nSPS) is 10.6. The van der Waals surface area contributed by atoms with Crippen LogP contribution in [0.5, 0.6) is 0 Å². The van der Waals surface area contributed by atoms with Gasteiger partial charge in [0.25, 0.3) is 0 Å². The maximum absolute atomic E-state index is 11.4. The summed E-state index contributed by atoms with van der Waals surface area (Å²) >= 11 is 3.44. The van der Waals surface area contributed by atoms with E-state index < -0.39 is 0 Å². The predicted octanol–water partition coefficient (Wildman–Crippen LogP) is 3.29. The zero-order valence-corrected chi connectivity index (χ0v) is 12.8. The van der Waals surface area contributed by atoms with E-state index in [9.17, 15) is 4.79 Å². The van der Waals surface area contributed by atoms with E-state index in [0.717, 1.165) is 15.7 Å². The molecule has 0 amide bonds. The second-order valence-electron chi connectivity index (χ2n) is 4.49. The third-order valence-electron chi connectivity index (χ3n) is 3.02. The van der Waals surface area contributed by atoms with Gasteiger partial charge < -0.3 is 0 Å². The number of halogens is 1. The Morgan fingerprint density at radius 2 is 1.90 bits per heavy atom. The second kappa shape index (κ2) is 5.57. The smallest absolute Gasteiger partial charge is 0.205 e. The maximum Gasteiger partial charge on any atom is 0.205 e. The van der Waals surface area contributed by atoms with Gasteiger partial charge >= 0.3 is 0 Å². The van der Waals surface area contributed by atoms with Crippen molar-refractivity contribution in [2.75, 3.05) is 0 Å². The first-order valence-corrected chi connectivity index (χ1v) is 7.11. The fourth-order valence-electron chi connectivity index (χ4n) is 1.91. The first-order valence-electron chi connectivity index (χ1n) is 6.31. The molecule has 104 valence electrons. The molecule has 1 heterocycles. The summed E-state index contributed by atoms with van der Waals surface area (Å²) in [5, 5.41) is 12.5. The Balaban J connectivity index is 1.99. The summed E-state index contributed by atoms with van der Waals surface area (Å²) in [6.07, 6.45) is 0. The molecule has 0 spiro atoms. The monoisotopic (exact) mass is 342 g/mol. The summed E-state index contributed by atoms with van der Waals surface area (Å²) in [4.78, 5) is 12.8. The molecule has 0 fully saturated rings. The number of aromatic nitrogens is 4. The number of rotatable bonds is 3. The second-order valence-corrected chi connectivity index (χ2v) is 5.35. The summed E-state index contributed by atoms with van der Waals surface area (Å²) < 4.78 is 0.743. The molecule has 0 aliphatic heterocycles. The van der Waals surface area contributed by atoms with E-state index in [1.165, 1.54) is 11.7 Å². The molecule has 0 aliphatic rings. The summed E-state index contributed by atoms with van der Waals surface area (Å²) in [7, 11) is 0. The molecule has 5 nitrogen and oxygen atoms in total. The number of hydrogen-bond donors (Lipinski definition) is 0.